The number of aliphatic hydroxyl groups excluding tert-OH is 1. The summed E-state index contributed by atoms with van der Waals surface area (Å²) in [5.41, 5.74) is 2.11. The predicted molar refractivity (Wildman–Crippen MR) is 188 cm³/mol. The number of carbonyl (C=O) groups excluding carboxylic acids is 3. The van der Waals surface area contributed by atoms with Gasteiger partial charge in [0.2, 0.25) is 11.8 Å². The lowest BCUT2D eigenvalue weighted by Crippen LogP contribution is -2.54. The summed E-state index contributed by atoms with van der Waals surface area (Å²) >= 11 is 2.21. The summed E-state index contributed by atoms with van der Waals surface area (Å²) in [4.78, 5) is 46.0. The molecule has 48 heavy (non-hydrogen) atoms. The molecule has 2 fully saturated rings. The molecule has 1 spiro atoms. The SMILES string of the molecule is C=CCNC(=O)[C@@H]1[C@H]2C(=O)O[C@H](c3ccccc3)[C@H](c3ccccc3)N2[C@H](c2ccc(OCCO)cc2)[C@@]12C(=O)Nc1ccc(I)cc12. The molecule has 0 saturated carbocycles. The summed E-state index contributed by atoms with van der Waals surface area (Å²) in [5.74, 6) is -2.01. The fraction of sp³-hybridized carbons (Fsp3) is 0.237. The molecular weight excluding hydrogens is 721 g/mol. The number of nitrogens with zero attached hydrogens (tertiary/aromatic N) is 1. The number of ether oxygens (including phenoxy) is 2. The highest BCUT2D eigenvalue weighted by molar-refractivity contribution is 14.1. The van der Waals surface area contributed by atoms with Gasteiger partial charge in [-0.15, -0.1) is 6.58 Å². The molecule has 10 heteroatoms. The molecule has 0 radical (unpaired) electrons. The van der Waals surface area contributed by atoms with E-state index in [0.29, 0.717) is 17.0 Å². The zero-order chi connectivity index (χ0) is 33.4. The molecule has 3 aliphatic heterocycles. The first-order valence-electron chi connectivity index (χ1n) is 15.8. The van der Waals surface area contributed by atoms with Gasteiger partial charge in [0, 0.05) is 15.8 Å². The van der Waals surface area contributed by atoms with Crippen LogP contribution in [0.15, 0.2) is 116 Å². The second-order valence-electron chi connectivity index (χ2n) is 12.1. The Balaban J connectivity index is 1.53. The summed E-state index contributed by atoms with van der Waals surface area (Å²) < 4.78 is 12.9. The molecule has 0 aromatic heterocycles. The van der Waals surface area contributed by atoms with Gasteiger partial charge >= 0.3 is 5.97 Å². The number of hydrogen-bond donors (Lipinski definition) is 3. The van der Waals surface area contributed by atoms with Crippen LogP contribution in [0, 0.1) is 9.49 Å². The molecule has 0 aliphatic carbocycles. The Morgan fingerprint density at radius 2 is 1.65 bits per heavy atom. The van der Waals surface area contributed by atoms with Gasteiger partial charge in [0.15, 0.2) is 0 Å². The standard InChI is InChI=1S/C38H34IN3O6/c1-2-19-40-35(44)30-32-36(45)48-33(24-11-7-4-8-12-24)31(23-9-5-3-6-10-23)42(32)34(25-13-16-27(17-14-25)47-21-20-43)38(30)28-22-26(39)15-18-29(28)41-37(38)46/h2-18,22,30-34,43H,1,19-21H2,(H,40,44)(H,41,46)/t30-,31-,32-,33+,34+,38-/m0/s1. The van der Waals surface area contributed by atoms with E-state index < -0.39 is 47.4 Å². The summed E-state index contributed by atoms with van der Waals surface area (Å²) in [7, 11) is 0. The van der Waals surface area contributed by atoms with Crippen molar-refractivity contribution in [3.05, 3.63) is 142 Å². The maximum atomic E-state index is 14.8. The van der Waals surface area contributed by atoms with Crippen LogP contribution in [0.25, 0.3) is 0 Å². The molecule has 4 aromatic carbocycles. The van der Waals surface area contributed by atoms with E-state index in [-0.39, 0.29) is 25.7 Å². The first-order chi connectivity index (χ1) is 23.4. The number of amides is 2. The first kappa shape index (κ1) is 32.0. The second-order valence-corrected chi connectivity index (χ2v) is 13.3. The molecule has 3 N–H and O–H groups in total. The van der Waals surface area contributed by atoms with Gasteiger partial charge in [-0.05, 0) is 75.2 Å². The second kappa shape index (κ2) is 13.2. The minimum absolute atomic E-state index is 0.126. The van der Waals surface area contributed by atoms with Crippen molar-refractivity contribution < 1.29 is 29.0 Å². The Bertz CT molecular complexity index is 1850. The Morgan fingerprint density at radius 1 is 0.958 bits per heavy atom. The van der Waals surface area contributed by atoms with Crippen LogP contribution in [-0.4, -0.2) is 53.6 Å². The van der Waals surface area contributed by atoms with Crippen molar-refractivity contribution in [1.82, 2.24) is 10.2 Å². The van der Waals surface area contributed by atoms with Gasteiger partial charge in [-0.2, -0.15) is 0 Å². The molecule has 4 aromatic rings. The smallest absolute Gasteiger partial charge is 0.324 e. The van der Waals surface area contributed by atoms with Crippen LogP contribution in [0.5, 0.6) is 5.75 Å². The van der Waals surface area contributed by atoms with E-state index in [1.807, 2.05) is 91.0 Å². The number of carbonyl (C=O) groups is 3. The summed E-state index contributed by atoms with van der Waals surface area (Å²) in [5, 5.41) is 15.3. The van der Waals surface area contributed by atoms with Crippen LogP contribution in [0.4, 0.5) is 5.69 Å². The number of rotatable bonds is 9. The minimum Gasteiger partial charge on any atom is -0.491 e. The monoisotopic (exact) mass is 755 g/mol. The van der Waals surface area contributed by atoms with Gasteiger partial charge in [0.1, 0.15) is 29.9 Å². The molecule has 6 atom stereocenters. The lowest BCUT2D eigenvalue weighted by molar-refractivity contribution is -0.178. The minimum atomic E-state index is -1.53. The number of nitrogens with one attached hydrogen (secondary N) is 2. The maximum Gasteiger partial charge on any atom is 0.324 e. The van der Waals surface area contributed by atoms with E-state index in [1.165, 1.54) is 0 Å². The summed E-state index contributed by atoms with van der Waals surface area (Å²) in [6.45, 7) is 3.92. The van der Waals surface area contributed by atoms with Crippen molar-refractivity contribution in [2.24, 2.45) is 5.92 Å². The highest BCUT2D eigenvalue weighted by Crippen LogP contribution is 2.64. The quantitative estimate of drug-likeness (QED) is 0.122. The normalized spacial score (nSPS) is 25.9. The molecule has 9 nitrogen and oxygen atoms in total. The zero-order valence-corrected chi connectivity index (χ0v) is 28.1. The Labute approximate surface area is 292 Å². The molecule has 2 amide bonds. The zero-order valence-electron chi connectivity index (χ0n) is 25.9. The maximum absolute atomic E-state index is 14.8. The average molecular weight is 756 g/mol. The molecule has 3 aliphatic rings. The van der Waals surface area contributed by atoms with Gasteiger partial charge in [-0.25, -0.2) is 0 Å². The van der Waals surface area contributed by atoms with Crippen molar-refractivity contribution in [1.29, 1.82) is 0 Å². The van der Waals surface area contributed by atoms with E-state index >= 15 is 0 Å². The fourth-order valence-corrected chi connectivity index (χ4v) is 8.25. The van der Waals surface area contributed by atoms with Crippen LogP contribution in [0.1, 0.15) is 40.4 Å². The van der Waals surface area contributed by atoms with Crippen molar-refractivity contribution in [3.63, 3.8) is 0 Å². The lowest BCUT2D eigenvalue weighted by Gasteiger charge is -2.46. The fourth-order valence-electron chi connectivity index (χ4n) is 7.76. The third kappa shape index (κ3) is 5.19. The van der Waals surface area contributed by atoms with Crippen LogP contribution in [0.3, 0.4) is 0 Å². The average Bonchev–Trinajstić information content (AvgIpc) is 3.59. The van der Waals surface area contributed by atoms with Crippen LogP contribution < -0.4 is 15.4 Å². The molecule has 244 valence electrons. The van der Waals surface area contributed by atoms with Crippen molar-refractivity contribution in [3.8, 4) is 5.75 Å². The van der Waals surface area contributed by atoms with Crippen LogP contribution in [-0.2, 0) is 24.5 Å². The number of morpholine rings is 1. The van der Waals surface area contributed by atoms with Crippen molar-refractivity contribution >= 4 is 46.1 Å². The highest BCUT2D eigenvalue weighted by Gasteiger charge is 2.74. The van der Waals surface area contributed by atoms with E-state index in [4.69, 9.17) is 9.47 Å². The molecule has 3 heterocycles. The number of anilines is 1. The number of aliphatic hydroxyl groups is 1. The Hall–Kier alpha value is -4.52. The number of halogens is 1. The van der Waals surface area contributed by atoms with Gasteiger partial charge in [0.05, 0.1) is 24.6 Å². The van der Waals surface area contributed by atoms with E-state index in [2.05, 4.69) is 44.7 Å². The first-order valence-corrected chi connectivity index (χ1v) is 16.9. The highest BCUT2D eigenvalue weighted by atomic mass is 127. The van der Waals surface area contributed by atoms with Gasteiger partial charge in [0.25, 0.3) is 0 Å². The molecule has 7 rings (SSSR count). The Kier molecular flexibility index (Phi) is 8.80. The number of esters is 1. The van der Waals surface area contributed by atoms with E-state index in [0.717, 1.165) is 20.3 Å². The molecule has 0 bridgehead atoms. The van der Waals surface area contributed by atoms with E-state index in [9.17, 15) is 19.5 Å². The summed E-state index contributed by atoms with van der Waals surface area (Å²) in [6, 6.07) is 29.9. The van der Waals surface area contributed by atoms with Crippen LogP contribution in [0.2, 0.25) is 0 Å². The van der Waals surface area contributed by atoms with Crippen molar-refractivity contribution in [2.45, 2.75) is 29.6 Å². The lowest BCUT2D eigenvalue weighted by atomic mass is 9.65. The van der Waals surface area contributed by atoms with Crippen LogP contribution >= 0.6 is 22.6 Å². The molecule has 2 saturated heterocycles. The number of fused-ring (bicyclic) bond motifs is 3. The van der Waals surface area contributed by atoms with Gasteiger partial charge in [-0.3, -0.25) is 19.3 Å². The molecule has 0 unspecified atom stereocenters. The largest absolute Gasteiger partial charge is 0.491 e. The van der Waals surface area contributed by atoms with E-state index in [1.54, 1.807) is 18.2 Å². The number of hydrogen-bond acceptors (Lipinski definition) is 7. The third-order valence-electron chi connectivity index (χ3n) is 9.53. The third-order valence-corrected chi connectivity index (χ3v) is 10.2. The predicted octanol–water partition coefficient (Wildman–Crippen LogP) is 5.24. The van der Waals surface area contributed by atoms with Gasteiger partial charge < -0.3 is 25.2 Å². The number of benzene rings is 4. The topological polar surface area (TPSA) is 117 Å². The molecular formula is C38H34IN3O6. The number of cyclic esters (lactones) is 1. The Morgan fingerprint density at radius 3 is 2.31 bits per heavy atom. The van der Waals surface area contributed by atoms with Crippen molar-refractivity contribution in [2.75, 3.05) is 25.1 Å². The summed E-state index contributed by atoms with van der Waals surface area (Å²) in [6.07, 6.45) is 0.835. The van der Waals surface area contributed by atoms with Gasteiger partial charge in [-0.1, -0.05) is 78.9 Å².